The van der Waals surface area contributed by atoms with Crippen LogP contribution < -0.4 is 0 Å². The molecule has 14 heteroatoms. The molecule has 0 N–H and O–H groups in total. The molecule has 0 unspecified atom stereocenters. The summed E-state index contributed by atoms with van der Waals surface area (Å²) >= 11 is 12.1. The smallest absolute Gasteiger partial charge is 0.410 e. The Bertz CT molecular complexity index is 1470. The van der Waals surface area contributed by atoms with Gasteiger partial charge >= 0.3 is 12.2 Å². The van der Waals surface area contributed by atoms with Crippen molar-refractivity contribution in [2.75, 3.05) is 26.2 Å². The van der Waals surface area contributed by atoms with Crippen LogP contribution in [0.5, 0.6) is 0 Å². The summed E-state index contributed by atoms with van der Waals surface area (Å²) in [6.07, 6.45) is 2.67. The van der Waals surface area contributed by atoms with Crippen molar-refractivity contribution in [2.24, 2.45) is 0 Å². The lowest BCUT2D eigenvalue weighted by Crippen LogP contribution is -2.45. The van der Waals surface area contributed by atoms with E-state index in [1.165, 1.54) is 34.3 Å². The lowest BCUT2D eigenvalue weighted by Gasteiger charge is -2.37. The Balaban J connectivity index is 0.000000250. The number of nitrogens with zero attached hydrogens (tertiary/aromatic N) is 5. The number of pyridine rings is 2. The van der Waals surface area contributed by atoms with Gasteiger partial charge in [-0.05, 0) is 53.7 Å². The van der Waals surface area contributed by atoms with Gasteiger partial charge in [-0.25, -0.2) is 18.4 Å². The van der Waals surface area contributed by atoms with Gasteiger partial charge in [-0.3, -0.25) is 14.8 Å². The van der Waals surface area contributed by atoms with Crippen LogP contribution in [0.25, 0.3) is 0 Å². The van der Waals surface area contributed by atoms with Gasteiger partial charge in [0.15, 0.2) is 17.6 Å². The van der Waals surface area contributed by atoms with Crippen molar-refractivity contribution in [2.45, 2.75) is 89.8 Å². The zero-order valence-corrected chi connectivity index (χ0v) is 28.3. The summed E-state index contributed by atoms with van der Waals surface area (Å²) in [6, 6.07) is 4.72. The number of rotatable bonds is 3. The number of halogens is 4. The monoisotopic (exact) mass is 681 g/mol. The van der Waals surface area contributed by atoms with Crippen molar-refractivity contribution >= 4 is 41.7 Å². The number of hydrogen-bond acceptors (Lipinski definition) is 8. The van der Waals surface area contributed by atoms with Crippen LogP contribution in [0.1, 0.15) is 94.5 Å². The minimum atomic E-state index is -1.71. The minimum Gasteiger partial charge on any atom is -0.444 e. The van der Waals surface area contributed by atoms with Crippen LogP contribution in [0.15, 0.2) is 24.5 Å². The fraction of sp³-hybridized carbons (Fsp3) is 0.562. The van der Waals surface area contributed by atoms with Crippen molar-refractivity contribution < 1.29 is 32.6 Å². The maximum atomic E-state index is 15.2. The van der Waals surface area contributed by atoms with E-state index in [1.54, 1.807) is 41.5 Å². The number of aromatic nitrogens is 2. The second-order valence-electron chi connectivity index (χ2n) is 13.2. The Labute approximate surface area is 278 Å². The summed E-state index contributed by atoms with van der Waals surface area (Å²) in [4.78, 5) is 45.7. The average molecular weight is 683 g/mol. The molecule has 4 rings (SSSR count). The zero-order chi connectivity index (χ0) is 34.5. The molecule has 2 saturated heterocycles. The molecule has 2 aliphatic rings. The first-order valence-corrected chi connectivity index (χ1v) is 15.6. The molecule has 2 amide bonds. The SMILES string of the molecule is CC(C)(C)OC(=O)N1CCC(F)(c2ncc(C#N)cc2Cl)CC1.CC(C)(C)OC(=O)N1CCC(F)(c2ncc(C=O)cc2Cl)CC1. The molecule has 0 radical (unpaired) electrons. The van der Waals surface area contributed by atoms with E-state index in [-0.39, 0.29) is 78.9 Å². The van der Waals surface area contributed by atoms with E-state index in [2.05, 4.69) is 9.97 Å². The van der Waals surface area contributed by atoms with E-state index in [1.807, 2.05) is 6.07 Å². The highest BCUT2D eigenvalue weighted by atomic mass is 35.5. The number of amides is 2. The van der Waals surface area contributed by atoms with Gasteiger partial charge in [-0.15, -0.1) is 0 Å². The number of carbonyl (C=O) groups is 3. The summed E-state index contributed by atoms with van der Waals surface area (Å²) in [5.74, 6) is 0. The number of carbonyl (C=O) groups excluding carboxylic acids is 3. The predicted molar refractivity (Wildman–Crippen MR) is 168 cm³/mol. The largest absolute Gasteiger partial charge is 0.444 e. The number of alkyl halides is 2. The van der Waals surface area contributed by atoms with Gasteiger partial charge < -0.3 is 19.3 Å². The zero-order valence-electron chi connectivity index (χ0n) is 26.8. The quantitative estimate of drug-likeness (QED) is 0.304. The summed E-state index contributed by atoms with van der Waals surface area (Å²) < 4.78 is 40.9. The molecule has 0 saturated carbocycles. The van der Waals surface area contributed by atoms with Gasteiger partial charge in [0, 0.05) is 69.8 Å². The topological polar surface area (TPSA) is 126 Å². The molecule has 2 aliphatic heterocycles. The summed E-state index contributed by atoms with van der Waals surface area (Å²) in [6.45, 7) is 11.6. The van der Waals surface area contributed by atoms with Crippen molar-refractivity contribution in [1.82, 2.24) is 19.8 Å². The lowest BCUT2D eigenvalue weighted by molar-refractivity contribution is 0.000108. The number of piperidine rings is 2. The third-order valence-corrected chi connectivity index (χ3v) is 7.81. The Morgan fingerprint density at radius 1 is 0.826 bits per heavy atom. The highest BCUT2D eigenvalue weighted by Crippen LogP contribution is 2.41. The van der Waals surface area contributed by atoms with Crippen LogP contribution in [0, 0.1) is 11.3 Å². The highest BCUT2D eigenvalue weighted by molar-refractivity contribution is 6.31. The molecule has 250 valence electrons. The van der Waals surface area contributed by atoms with Crippen molar-refractivity contribution in [3.05, 3.63) is 57.1 Å². The van der Waals surface area contributed by atoms with Gasteiger partial charge in [0.25, 0.3) is 0 Å². The third kappa shape index (κ3) is 9.72. The number of nitriles is 1. The molecule has 2 aromatic heterocycles. The molecule has 10 nitrogen and oxygen atoms in total. The normalized spacial score (nSPS) is 17.6. The molecule has 4 heterocycles. The Kier molecular flexibility index (Phi) is 11.6. The van der Waals surface area contributed by atoms with Crippen molar-refractivity contribution in [1.29, 1.82) is 5.26 Å². The van der Waals surface area contributed by atoms with Gasteiger partial charge in [0.1, 0.15) is 17.3 Å². The number of ether oxygens (including phenoxy) is 2. The Morgan fingerprint density at radius 2 is 1.22 bits per heavy atom. The molecule has 0 bridgehead atoms. The Hall–Kier alpha value is -3.56. The molecule has 0 atom stereocenters. The fourth-order valence-electron chi connectivity index (χ4n) is 4.89. The average Bonchev–Trinajstić information content (AvgIpc) is 2.96. The van der Waals surface area contributed by atoms with E-state index >= 15 is 8.78 Å². The summed E-state index contributed by atoms with van der Waals surface area (Å²) in [7, 11) is 0. The first-order valence-electron chi connectivity index (χ1n) is 14.8. The molecule has 0 aromatic carbocycles. The van der Waals surface area contributed by atoms with Crippen LogP contribution >= 0.6 is 23.2 Å². The Morgan fingerprint density at radius 3 is 1.54 bits per heavy atom. The van der Waals surface area contributed by atoms with E-state index in [0.717, 1.165) is 0 Å². The number of hydrogen-bond donors (Lipinski definition) is 0. The van der Waals surface area contributed by atoms with E-state index < -0.39 is 34.7 Å². The summed E-state index contributed by atoms with van der Waals surface area (Å²) in [5, 5.41) is 9.08. The van der Waals surface area contributed by atoms with Crippen LogP contribution in [-0.4, -0.2) is 75.6 Å². The fourth-order valence-corrected chi connectivity index (χ4v) is 5.57. The van der Waals surface area contributed by atoms with Gasteiger partial charge in [0.05, 0.1) is 27.0 Å². The van der Waals surface area contributed by atoms with Crippen LogP contribution in [0.2, 0.25) is 10.0 Å². The second kappa shape index (κ2) is 14.5. The van der Waals surface area contributed by atoms with E-state index in [9.17, 15) is 14.4 Å². The van der Waals surface area contributed by atoms with E-state index in [0.29, 0.717) is 11.8 Å². The lowest BCUT2D eigenvalue weighted by atomic mass is 9.89. The first kappa shape index (κ1) is 36.9. The first-order chi connectivity index (χ1) is 21.3. The van der Waals surface area contributed by atoms with Crippen LogP contribution in [0.3, 0.4) is 0 Å². The molecular weight excluding hydrogens is 643 g/mol. The van der Waals surface area contributed by atoms with Crippen molar-refractivity contribution in [3.63, 3.8) is 0 Å². The molecule has 2 aromatic rings. The molecule has 2 fully saturated rings. The predicted octanol–water partition coefficient (Wildman–Crippen LogP) is 7.55. The van der Waals surface area contributed by atoms with Crippen LogP contribution in [-0.2, 0) is 20.8 Å². The maximum Gasteiger partial charge on any atom is 0.410 e. The summed E-state index contributed by atoms with van der Waals surface area (Å²) in [5.41, 5.74) is -3.76. The van der Waals surface area contributed by atoms with Crippen molar-refractivity contribution in [3.8, 4) is 6.07 Å². The maximum absolute atomic E-state index is 15.2. The van der Waals surface area contributed by atoms with Crippen LogP contribution in [0.4, 0.5) is 18.4 Å². The van der Waals surface area contributed by atoms with Gasteiger partial charge in [-0.1, -0.05) is 23.2 Å². The van der Waals surface area contributed by atoms with Gasteiger partial charge in [0.2, 0.25) is 0 Å². The molecule has 46 heavy (non-hydrogen) atoms. The minimum absolute atomic E-state index is 0.0827. The number of aldehydes is 1. The second-order valence-corrected chi connectivity index (χ2v) is 14.1. The molecule has 0 aliphatic carbocycles. The van der Waals surface area contributed by atoms with Gasteiger partial charge in [-0.2, -0.15) is 5.26 Å². The molecular formula is C32H39Cl2F2N5O5. The molecule has 0 spiro atoms. The number of likely N-dealkylation sites (tertiary alicyclic amines) is 2. The highest BCUT2D eigenvalue weighted by Gasteiger charge is 2.42. The third-order valence-electron chi connectivity index (χ3n) is 7.23. The van der Waals surface area contributed by atoms with E-state index in [4.69, 9.17) is 37.9 Å². The standard InChI is InChI=1S/C16H19ClFN3O2.C16H20ClFN2O3/c1-15(2,3)23-14(22)21-6-4-16(18,5-7-21)13-12(17)8-11(9-19)10-20-13;1-15(2,3)23-14(22)20-6-4-16(18,5-7-20)13-12(17)8-11(10-21)9-19-13/h8,10H,4-7H2,1-3H3;8-10H,4-7H2,1-3H3.